The zero-order valence-electron chi connectivity index (χ0n) is 15.1. The lowest BCUT2D eigenvalue weighted by Crippen LogP contribution is -2.48. The van der Waals surface area contributed by atoms with E-state index in [1.54, 1.807) is 41.5 Å². The number of carbonyl (C=O) groups is 2. The fourth-order valence-electron chi connectivity index (χ4n) is 1.62. The molecule has 0 rings (SSSR count). The largest absolute Gasteiger partial charge is 0.466 e. The van der Waals surface area contributed by atoms with E-state index in [0.29, 0.717) is 0 Å². The van der Waals surface area contributed by atoms with Gasteiger partial charge in [0.2, 0.25) is 0 Å². The Morgan fingerprint density at radius 3 is 2.04 bits per heavy atom. The number of aliphatic hydroxyl groups excluding tert-OH is 1. The van der Waals surface area contributed by atoms with Crippen LogP contribution in [0.2, 0.25) is 0 Å². The fraction of sp³-hybridized carbons (Fsp3) is 0.750. The van der Waals surface area contributed by atoms with Gasteiger partial charge in [-0.15, -0.1) is 0 Å². The Bertz CT molecular complexity index is 433. The van der Waals surface area contributed by atoms with Crippen LogP contribution in [0.15, 0.2) is 12.2 Å². The summed E-state index contributed by atoms with van der Waals surface area (Å²) in [5.74, 6) is -0.621. The molecular formula is C16H29NO6. The van der Waals surface area contributed by atoms with Gasteiger partial charge < -0.3 is 24.6 Å². The lowest BCUT2D eigenvalue weighted by molar-refractivity contribution is -0.179. The predicted molar refractivity (Wildman–Crippen MR) is 85.8 cm³/mol. The Morgan fingerprint density at radius 1 is 1.13 bits per heavy atom. The Hall–Kier alpha value is -1.60. The van der Waals surface area contributed by atoms with E-state index in [0.717, 1.165) is 0 Å². The van der Waals surface area contributed by atoms with Crippen molar-refractivity contribution in [3.63, 3.8) is 0 Å². The quantitative estimate of drug-likeness (QED) is 0.440. The monoisotopic (exact) mass is 331 g/mol. The number of hydrogen-bond donors (Lipinski definition) is 2. The summed E-state index contributed by atoms with van der Waals surface area (Å²) < 4.78 is 15.2. The van der Waals surface area contributed by atoms with Crippen LogP contribution in [0.4, 0.5) is 4.79 Å². The second-order valence-corrected chi connectivity index (χ2v) is 7.17. The molecule has 0 aliphatic carbocycles. The van der Waals surface area contributed by atoms with Crippen molar-refractivity contribution >= 4 is 12.1 Å². The molecule has 1 amide bonds. The smallest absolute Gasteiger partial charge is 0.408 e. The van der Waals surface area contributed by atoms with Crippen molar-refractivity contribution in [2.24, 2.45) is 0 Å². The molecule has 0 heterocycles. The standard InChI is InChI=1S/C16H29NO6/c1-10(12(18)21-8)9-11(13(19)22-15(2,3)4)17-14(20)23-16(5,6)7/h11,13,19H,1,9H2,2-8H3,(H,17,20)/t11?,13-/m1/s1. The molecule has 7 heteroatoms. The number of ether oxygens (including phenoxy) is 3. The number of amides is 1. The second-order valence-electron chi connectivity index (χ2n) is 7.17. The first-order chi connectivity index (χ1) is 10.2. The minimum Gasteiger partial charge on any atom is -0.466 e. The van der Waals surface area contributed by atoms with Gasteiger partial charge in [-0.25, -0.2) is 9.59 Å². The van der Waals surface area contributed by atoms with E-state index in [9.17, 15) is 14.7 Å². The molecule has 2 atom stereocenters. The van der Waals surface area contributed by atoms with Crippen LogP contribution in [0, 0.1) is 0 Å². The molecule has 0 aliphatic rings. The van der Waals surface area contributed by atoms with E-state index in [-0.39, 0.29) is 12.0 Å². The van der Waals surface area contributed by atoms with E-state index >= 15 is 0 Å². The van der Waals surface area contributed by atoms with Crippen molar-refractivity contribution < 1.29 is 28.9 Å². The van der Waals surface area contributed by atoms with Crippen LogP contribution in [-0.2, 0) is 19.0 Å². The lowest BCUT2D eigenvalue weighted by Gasteiger charge is -2.31. The average Bonchev–Trinajstić information content (AvgIpc) is 2.32. The van der Waals surface area contributed by atoms with Gasteiger partial charge in [0.1, 0.15) is 5.60 Å². The van der Waals surface area contributed by atoms with Crippen LogP contribution in [0.5, 0.6) is 0 Å². The maximum absolute atomic E-state index is 11.9. The number of rotatable bonds is 6. The molecule has 0 aromatic heterocycles. The summed E-state index contributed by atoms with van der Waals surface area (Å²) in [6, 6.07) is -0.907. The van der Waals surface area contributed by atoms with Crippen LogP contribution in [0.3, 0.4) is 0 Å². The highest BCUT2D eigenvalue weighted by Crippen LogP contribution is 2.17. The number of aliphatic hydroxyl groups is 1. The maximum Gasteiger partial charge on any atom is 0.408 e. The molecule has 0 radical (unpaired) electrons. The summed E-state index contributed by atoms with van der Waals surface area (Å²) in [5, 5.41) is 12.7. The van der Waals surface area contributed by atoms with Crippen molar-refractivity contribution in [2.75, 3.05) is 7.11 Å². The zero-order valence-corrected chi connectivity index (χ0v) is 15.1. The molecule has 0 saturated carbocycles. The Balaban J connectivity index is 5.03. The van der Waals surface area contributed by atoms with Crippen LogP contribution in [-0.4, -0.2) is 47.8 Å². The van der Waals surface area contributed by atoms with Gasteiger partial charge in [-0.2, -0.15) is 0 Å². The van der Waals surface area contributed by atoms with Gasteiger partial charge in [0.15, 0.2) is 6.29 Å². The summed E-state index contributed by atoms with van der Waals surface area (Å²) in [6.45, 7) is 14.0. The molecule has 0 aromatic carbocycles. The fourth-order valence-corrected chi connectivity index (χ4v) is 1.62. The molecule has 0 spiro atoms. The number of methoxy groups -OCH3 is 1. The first-order valence-corrected chi connectivity index (χ1v) is 7.36. The normalized spacial score (nSPS) is 14.6. The summed E-state index contributed by atoms with van der Waals surface area (Å²) >= 11 is 0. The van der Waals surface area contributed by atoms with Crippen molar-refractivity contribution in [3.05, 3.63) is 12.2 Å². The molecule has 0 bridgehead atoms. The van der Waals surface area contributed by atoms with Crippen LogP contribution in [0.25, 0.3) is 0 Å². The van der Waals surface area contributed by atoms with E-state index < -0.39 is 35.6 Å². The molecule has 1 unspecified atom stereocenters. The first kappa shape index (κ1) is 21.4. The predicted octanol–water partition coefficient (Wildman–Crippen LogP) is 2.13. The zero-order chi connectivity index (χ0) is 18.4. The van der Waals surface area contributed by atoms with E-state index in [1.807, 2.05) is 0 Å². The van der Waals surface area contributed by atoms with Gasteiger partial charge in [-0.3, -0.25) is 0 Å². The molecule has 2 N–H and O–H groups in total. The third-order valence-corrected chi connectivity index (χ3v) is 2.46. The van der Waals surface area contributed by atoms with E-state index in [2.05, 4.69) is 16.6 Å². The Morgan fingerprint density at radius 2 is 1.65 bits per heavy atom. The highest BCUT2D eigenvalue weighted by molar-refractivity contribution is 5.87. The molecule has 0 fully saturated rings. The number of nitrogens with one attached hydrogen (secondary N) is 1. The summed E-state index contributed by atoms with van der Waals surface area (Å²) in [4.78, 5) is 23.4. The van der Waals surface area contributed by atoms with Gasteiger partial charge in [-0.05, 0) is 41.5 Å². The minimum atomic E-state index is -1.34. The lowest BCUT2D eigenvalue weighted by atomic mass is 10.1. The summed E-state index contributed by atoms with van der Waals surface area (Å²) in [7, 11) is 1.23. The van der Waals surface area contributed by atoms with Gasteiger partial charge >= 0.3 is 12.1 Å². The number of carbonyl (C=O) groups excluding carboxylic acids is 2. The molecule has 0 aromatic rings. The highest BCUT2D eigenvalue weighted by atomic mass is 16.6. The van der Waals surface area contributed by atoms with Crippen LogP contribution < -0.4 is 5.32 Å². The second kappa shape index (κ2) is 8.31. The van der Waals surface area contributed by atoms with Gasteiger partial charge in [0, 0.05) is 12.0 Å². The third kappa shape index (κ3) is 9.91. The molecule has 0 saturated heterocycles. The Labute approximate surface area is 138 Å². The van der Waals surface area contributed by atoms with Crippen molar-refractivity contribution in [2.45, 2.75) is 71.5 Å². The van der Waals surface area contributed by atoms with Crippen molar-refractivity contribution in [1.29, 1.82) is 0 Å². The molecule has 134 valence electrons. The van der Waals surface area contributed by atoms with E-state index in [1.165, 1.54) is 7.11 Å². The third-order valence-electron chi connectivity index (χ3n) is 2.46. The van der Waals surface area contributed by atoms with Crippen LogP contribution >= 0.6 is 0 Å². The number of esters is 1. The van der Waals surface area contributed by atoms with Crippen molar-refractivity contribution in [3.8, 4) is 0 Å². The summed E-state index contributed by atoms with van der Waals surface area (Å²) in [6.07, 6.45) is -2.11. The highest BCUT2D eigenvalue weighted by Gasteiger charge is 2.30. The maximum atomic E-state index is 11.9. The van der Waals surface area contributed by atoms with Gasteiger partial charge in [-0.1, -0.05) is 6.58 Å². The first-order valence-electron chi connectivity index (χ1n) is 7.36. The molecule has 7 nitrogen and oxygen atoms in total. The SMILES string of the molecule is C=C(CC(NC(=O)OC(C)(C)C)[C@H](O)OC(C)(C)C)C(=O)OC. The molecule has 23 heavy (non-hydrogen) atoms. The van der Waals surface area contributed by atoms with Crippen molar-refractivity contribution in [1.82, 2.24) is 5.32 Å². The topological polar surface area (TPSA) is 94.1 Å². The molecule has 0 aliphatic heterocycles. The van der Waals surface area contributed by atoms with Gasteiger partial charge in [0.25, 0.3) is 0 Å². The summed E-state index contributed by atoms with van der Waals surface area (Å²) in [5.41, 5.74) is -1.23. The van der Waals surface area contributed by atoms with Gasteiger partial charge in [0.05, 0.1) is 18.8 Å². The Kier molecular flexibility index (Phi) is 7.73. The minimum absolute atomic E-state index is 0.0385. The number of hydrogen-bond acceptors (Lipinski definition) is 6. The average molecular weight is 331 g/mol. The number of alkyl carbamates (subject to hydrolysis) is 1. The van der Waals surface area contributed by atoms with Crippen LogP contribution in [0.1, 0.15) is 48.0 Å². The van der Waals surface area contributed by atoms with E-state index in [4.69, 9.17) is 9.47 Å². The molecular weight excluding hydrogens is 302 g/mol.